The van der Waals surface area contributed by atoms with E-state index in [2.05, 4.69) is 10.2 Å². The smallest absolute Gasteiger partial charge is 0.338 e. The number of ether oxygens (including phenoxy) is 1. The van der Waals surface area contributed by atoms with E-state index in [1.165, 1.54) is 4.90 Å². The van der Waals surface area contributed by atoms with E-state index in [-0.39, 0.29) is 24.6 Å². The van der Waals surface area contributed by atoms with Crippen molar-refractivity contribution in [1.29, 1.82) is 0 Å². The highest BCUT2D eigenvalue weighted by atomic mass is 16.5. The van der Waals surface area contributed by atoms with Gasteiger partial charge in [-0.2, -0.15) is 0 Å². The number of carbonyl (C=O) groups is 3. The molecule has 0 aliphatic carbocycles. The third-order valence-corrected chi connectivity index (χ3v) is 6.28. The minimum Gasteiger partial charge on any atom is -0.463 e. The summed E-state index contributed by atoms with van der Waals surface area (Å²) in [5.74, 6) is -0.271. The number of carbonyl (C=O) groups excluding carboxylic acids is 3. The molecule has 2 atom stereocenters. The zero-order valence-corrected chi connectivity index (χ0v) is 19.7. The number of benzene rings is 1. The lowest BCUT2D eigenvalue weighted by molar-refractivity contribution is -0.139. The minimum absolute atomic E-state index is 0.0673. The van der Waals surface area contributed by atoms with Crippen LogP contribution < -0.4 is 5.32 Å². The first-order valence-electron chi connectivity index (χ1n) is 11.3. The van der Waals surface area contributed by atoms with Gasteiger partial charge in [-0.05, 0) is 31.9 Å². The predicted octanol–water partition coefficient (Wildman–Crippen LogP) is 2.45. The molecule has 3 amide bonds. The van der Waals surface area contributed by atoms with Crippen LogP contribution >= 0.6 is 0 Å². The highest BCUT2D eigenvalue weighted by molar-refractivity contribution is 5.95. The van der Waals surface area contributed by atoms with Gasteiger partial charge in [0.2, 0.25) is 5.91 Å². The zero-order valence-electron chi connectivity index (χ0n) is 19.7. The number of hydrogen-bond donors (Lipinski definition) is 1. The first kappa shape index (κ1) is 23.8. The van der Waals surface area contributed by atoms with E-state index in [9.17, 15) is 14.4 Å². The number of hydrogen-bond acceptors (Lipinski definition) is 5. The Hall–Kier alpha value is -2.87. The molecule has 8 nitrogen and oxygen atoms in total. The number of likely N-dealkylation sites (N-methyl/N-ethyl adjacent to an activating group) is 1. The molecule has 2 aliphatic heterocycles. The molecule has 0 radical (unpaired) electrons. The summed E-state index contributed by atoms with van der Waals surface area (Å²) in [4.78, 5) is 43.8. The quantitative estimate of drug-likeness (QED) is 0.685. The molecular weight excluding hydrogens is 408 g/mol. The van der Waals surface area contributed by atoms with Crippen molar-refractivity contribution in [1.82, 2.24) is 20.0 Å². The maximum atomic E-state index is 13.1. The summed E-state index contributed by atoms with van der Waals surface area (Å²) < 4.78 is 5.41. The van der Waals surface area contributed by atoms with Gasteiger partial charge in [-0.3, -0.25) is 14.6 Å². The van der Waals surface area contributed by atoms with Gasteiger partial charge < -0.3 is 15.0 Å². The molecule has 1 fully saturated rings. The van der Waals surface area contributed by atoms with Gasteiger partial charge in [-0.25, -0.2) is 9.59 Å². The second kappa shape index (κ2) is 10.2. The summed E-state index contributed by atoms with van der Waals surface area (Å²) in [6.07, 6.45) is 0.490. The van der Waals surface area contributed by atoms with Gasteiger partial charge in [0, 0.05) is 51.4 Å². The summed E-state index contributed by atoms with van der Waals surface area (Å²) >= 11 is 0. The van der Waals surface area contributed by atoms with Gasteiger partial charge in [0.1, 0.15) is 0 Å². The van der Waals surface area contributed by atoms with Crippen LogP contribution in [0.25, 0.3) is 0 Å². The molecule has 0 aromatic heterocycles. The Labute approximate surface area is 190 Å². The minimum atomic E-state index is -0.575. The van der Waals surface area contributed by atoms with Gasteiger partial charge in [-0.1, -0.05) is 31.2 Å². The van der Waals surface area contributed by atoms with Crippen molar-refractivity contribution < 1.29 is 19.1 Å². The molecule has 0 saturated carbocycles. The van der Waals surface area contributed by atoms with Crippen LogP contribution in [-0.4, -0.2) is 78.5 Å². The Morgan fingerprint density at radius 1 is 1.19 bits per heavy atom. The maximum absolute atomic E-state index is 13.1. The van der Waals surface area contributed by atoms with Crippen LogP contribution in [0.15, 0.2) is 35.5 Å². The van der Waals surface area contributed by atoms with Crippen molar-refractivity contribution in [2.75, 3.05) is 39.8 Å². The molecule has 2 aliphatic rings. The summed E-state index contributed by atoms with van der Waals surface area (Å²) in [5, 5.41) is 2.98. The lowest BCUT2D eigenvalue weighted by atomic mass is 9.91. The standard InChI is InChI=1S/C24H34N4O4/c1-6-20(29)28-13-12-27(14-17(28)4)15-19-21(23(30)32-7-2)22(25-24(31)26(19)5)18-11-9-8-10-16(18)3/h8-11,17,22H,6-7,12-15H2,1-5H3,(H,25,31)/t17-,22-/m1/s1. The molecule has 1 saturated heterocycles. The van der Waals surface area contributed by atoms with Crippen molar-refractivity contribution in [2.24, 2.45) is 0 Å². The fourth-order valence-electron chi connectivity index (χ4n) is 4.50. The summed E-state index contributed by atoms with van der Waals surface area (Å²) in [6.45, 7) is 10.3. The Balaban J connectivity index is 1.97. The van der Waals surface area contributed by atoms with E-state index in [1.807, 2.05) is 49.9 Å². The summed E-state index contributed by atoms with van der Waals surface area (Å²) in [7, 11) is 1.68. The molecule has 0 bridgehead atoms. The topological polar surface area (TPSA) is 82.2 Å². The van der Waals surface area contributed by atoms with Gasteiger partial charge in [-0.15, -0.1) is 0 Å². The monoisotopic (exact) mass is 442 g/mol. The zero-order chi connectivity index (χ0) is 23.4. The Morgan fingerprint density at radius 2 is 1.91 bits per heavy atom. The molecule has 8 heteroatoms. The summed E-state index contributed by atoms with van der Waals surface area (Å²) in [6, 6.07) is 6.97. The summed E-state index contributed by atoms with van der Waals surface area (Å²) in [5.41, 5.74) is 2.97. The molecule has 174 valence electrons. The number of amides is 3. The highest BCUT2D eigenvalue weighted by Gasteiger charge is 2.38. The molecule has 1 aromatic rings. The molecule has 2 heterocycles. The highest BCUT2D eigenvalue weighted by Crippen LogP contribution is 2.33. The van der Waals surface area contributed by atoms with Crippen LogP contribution in [0.4, 0.5) is 4.79 Å². The molecule has 0 unspecified atom stereocenters. The molecule has 3 rings (SSSR count). The van der Waals surface area contributed by atoms with E-state index in [1.54, 1.807) is 14.0 Å². The fourth-order valence-corrected chi connectivity index (χ4v) is 4.50. The van der Waals surface area contributed by atoms with E-state index >= 15 is 0 Å². The van der Waals surface area contributed by atoms with Gasteiger partial charge in [0.05, 0.1) is 18.2 Å². The Kier molecular flexibility index (Phi) is 7.56. The lowest BCUT2D eigenvalue weighted by Crippen LogP contribution is -2.56. The van der Waals surface area contributed by atoms with E-state index in [4.69, 9.17) is 4.74 Å². The van der Waals surface area contributed by atoms with E-state index in [0.717, 1.165) is 11.1 Å². The maximum Gasteiger partial charge on any atom is 0.338 e. The number of piperazine rings is 1. The number of esters is 1. The van der Waals surface area contributed by atoms with Gasteiger partial charge >= 0.3 is 12.0 Å². The van der Waals surface area contributed by atoms with Crippen LogP contribution in [0.3, 0.4) is 0 Å². The van der Waals surface area contributed by atoms with Gasteiger partial charge in [0.25, 0.3) is 0 Å². The first-order valence-corrected chi connectivity index (χ1v) is 11.3. The first-order chi connectivity index (χ1) is 15.3. The van der Waals surface area contributed by atoms with Crippen LogP contribution in [0, 0.1) is 6.92 Å². The van der Waals surface area contributed by atoms with Crippen molar-refractivity contribution in [2.45, 2.75) is 46.2 Å². The second-order valence-electron chi connectivity index (χ2n) is 8.40. The second-order valence-corrected chi connectivity index (χ2v) is 8.40. The molecule has 0 spiro atoms. The van der Waals surface area contributed by atoms with Crippen LogP contribution in [-0.2, 0) is 14.3 Å². The van der Waals surface area contributed by atoms with Crippen molar-refractivity contribution >= 4 is 17.9 Å². The number of aryl methyl sites for hydroxylation is 1. The Morgan fingerprint density at radius 3 is 2.53 bits per heavy atom. The van der Waals surface area contributed by atoms with Crippen LogP contribution in [0.1, 0.15) is 44.4 Å². The van der Waals surface area contributed by atoms with Crippen molar-refractivity contribution in [3.63, 3.8) is 0 Å². The van der Waals surface area contributed by atoms with Gasteiger partial charge in [0.15, 0.2) is 0 Å². The Bertz CT molecular complexity index is 913. The number of nitrogens with zero attached hydrogens (tertiary/aromatic N) is 3. The molecule has 1 aromatic carbocycles. The molecule has 1 N–H and O–H groups in total. The normalized spacial score (nSPS) is 22.1. The molecular formula is C24H34N4O4. The number of nitrogens with one attached hydrogen (secondary N) is 1. The van der Waals surface area contributed by atoms with Crippen molar-refractivity contribution in [3.05, 3.63) is 46.7 Å². The third-order valence-electron chi connectivity index (χ3n) is 6.28. The number of rotatable bonds is 6. The SMILES string of the molecule is CCOC(=O)C1=C(CN2CCN(C(=O)CC)[C@H](C)C2)N(C)C(=O)N[C@@H]1c1ccccc1C. The van der Waals surface area contributed by atoms with Crippen LogP contribution in [0.5, 0.6) is 0 Å². The average Bonchev–Trinajstić information content (AvgIpc) is 2.77. The predicted molar refractivity (Wildman–Crippen MR) is 122 cm³/mol. The lowest BCUT2D eigenvalue weighted by Gasteiger charge is -2.42. The average molecular weight is 443 g/mol. The third kappa shape index (κ3) is 4.80. The number of urea groups is 1. The fraction of sp³-hybridized carbons (Fsp3) is 0.542. The molecule has 32 heavy (non-hydrogen) atoms. The largest absolute Gasteiger partial charge is 0.463 e. The van der Waals surface area contributed by atoms with Crippen LogP contribution in [0.2, 0.25) is 0 Å². The van der Waals surface area contributed by atoms with E-state index in [0.29, 0.717) is 43.9 Å². The van der Waals surface area contributed by atoms with E-state index < -0.39 is 12.0 Å². The van der Waals surface area contributed by atoms with Crippen molar-refractivity contribution in [3.8, 4) is 0 Å².